The van der Waals surface area contributed by atoms with Gasteiger partial charge in [-0.3, -0.25) is 0 Å². The first-order valence-corrected chi connectivity index (χ1v) is 6.60. The van der Waals surface area contributed by atoms with Crippen molar-refractivity contribution < 1.29 is 13.5 Å². The molecule has 3 aromatic rings. The van der Waals surface area contributed by atoms with Crippen LogP contribution >= 0.6 is 15.9 Å². The van der Waals surface area contributed by atoms with E-state index in [1.54, 1.807) is 6.07 Å². The van der Waals surface area contributed by atoms with Gasteiger partial charge in [-0.05, 0) is 32.8 Å². The Morgan fingerprint density at radius 1 is 1.05 bits per heavy atom. The maximum Gasteiger partial charge on any atom is 0.256 e. The van der Waals surface area contributed by atoms with Crippen molar-refractivity contribution in [3.8, 4) is 11.6 Å². The lowest BCUT2D eigenvalue weighted by Gasteiger charge is -2.09. The topological polar surface area (TPSA) is 22.1 Å². The highest BCUT2D eigenvalue weighted by Gasteiger charge is 2.11. The lowest BCUT2D eigenvalue weighted by atomic mass is 10.1. The molecule has 0 saturated carbocycles. The van der Waals surface area contributed by atoms with Crippen molar-refractivity contribution in [1.82, 2.24) is 4.98 Å². The molecule has 100 valence electrons. The number of pyridine rings is 1. The smallest absolute Gasteiger partial charge is 0.256 e. The van der Waals surface area contributed by atoms with Gasteiger partial charge in [0.2, 0.25) is 0 Å². The summed E-state index contributed by atoms with van der Waals surface area (Å²) in [6.07, 6.45) is 0.910. The van der Waals surface area contributed by atoms with E-state index in [-0.39, 0.29) is 5.88 Å². The molecule has 2 aromatic carbocycles. The third-order valence-electron chi connectivity index (χ3n) is 2.81. The number of fused-ring (bicyclic) bond motifs is 1. The van der Waals surface area contributed by atoms with Gasteiger partial charge in [0.15, 0.2) is 5.82 Å². The minimum atomic E-state index is -0.843. The molecule has 3 rings (SSSR count). The summed E-state index contributed by atoms with van der Waals surface area (Å²) in [5.41, 5.74) is 0. The molecule has 0 fully saturated rings. The summed E-state index contributed by atoms with van der Waals surface area (Å²) in [5.74, 6) is -1.43. The zero-order valence-electron chi connectivity index (χ0n) is 10.1. The van der Waals surface area contributed by atoms with Gasteiger partial charge in [0.1, 0.15) is 11.6 Å². The number of benzene rings is 2. The summed E-state index contributed by atoms with van der Waals surface area (Å²) in [5, 5.41) is 1.96. The lowest BCUT2D eigenvalue weighted by Crippen LogP contribution is -1.94. The van der Waals surface area contributed by atoms with Gasteiger partial charge in [-0.25, -0.2) is 13.8 Å². The SMILES string of the molecule is Fc1cnc(Oc2ccc3ccccc3c2Br)c(F)c1. The van der Waals surface area contributed by atoms with E-state index in [9.17, 15) is 8.78 Å². The molecule has 0 aliphatic heterocycles. The predicted octanol–water partition coefficient (Wildman–Crippen LogP) is 5.07. The first-order valence-electron chi connectivity index (χ1n) is 5.81. The highest BCUT2D eigenvalue weighted by atomic mass is 79.9. The molecule has 0 aliphatic rings. The van der Waals surface area contributed by atoms with Gasteiger partial charge in [0.05, 0.1) is 10.7 Å². The quantitative estimate of drug-likeness (QED) is 0.652. The number of nitrogens with zero attached hydrogens (tertiary/aromatic N) is 1. The average Bonchev–Trinajstić information content (AvgIpc) is 2.45. The summed E-state index contributed by atoms with van der Waals surface area (Å²) in [6, 6.07) is 12.0. The Bertz CT molecular complexity index is 792. The molecule has 1 heterocycles. The predicted molar refractivity (Wildman–Crippen MR) is 75.9 cm³/mol. The van der Waals surface area contributed by atoms with Gasteiger partial charge < -0.3 is 4.74 Å². The molecule has 0 N–H and O–H groups in total. The second kappa shape index (κ2) is 5.17. The Morgan fingerprint density at radius 2 is 1.85 bits per heavy atom. The molecule has 0 spiro atoms. The minimum absolute atomic E-state index is 0.262. The number of hydrogen-bond acceptors (Lipinski definition) is 2. The van der Waals surface area contributed by atoms with Crippen molar-refractivity contribution in [2.45, 2.75) is 0 Å². The number of ether oxygens (including phenoxy) is 1. The van der Waals surface area contributed by atoms with Crippen molar-refractivity contribution >= 4 is 26.7 Å². The third-order valence-corrected chi connectivity index (χ3v) is 3.63. The lowest BCUT2D eigenvalue weighted by molar-refractivity contribution is 0.415. The molecule has 0 aliphatic carbocycles. The van der Waals surface area contributed by atoms with Crippen LogP contribution in [-0.2, 0) is 0 Å². The van der Waals surface area contributed by atoms with E-state index in [0.717, 1.165) is 23.0 Å². The second-order valence-corrected chi connectivity index (χ2v) is 4.93. The first-order chi connectivity index (χ1) is 9.65. The Labute approximate surface area is 122 Å². The number of aromatic nitrogens is 1. The van der Waals surface area contributed by atoms with E-state index in [1.165, 1.54) is 0 Å². The molecular weight excluding hydrogens is 328 g/mol. The Kier molecular flexibility index (Phi) is 3.36. The third kappa shape index (κ3) is 2.36. The highest BCUT2D eigenvalue weighted by molar-refractivity contribution is 9.10. The number of halogens is 3. The fraction of sp³-hybridized carbons (Fsp3) is 0. The van der Waals surface area contributed by atoms with Gasteiger partial charge in [-0.15, -0.1) is 0 Å². The molecule has 5 heteroatoms. The van der Waals surface area contributed by atoms with E-state index in [4.69, 9.17) is 4.74 Å². The van der Waals surface area contributed by atoms with E-state index in [0.29, 0.717) is 10.2 Å². The summed E-state index contributed by atoms with van der Waals surface area (Å²) < 4.78 is 32.4. The number of rotatable bonds is 2. The van der Waals surface area contributed by atoms with Crippen molar-refractivity contribution in [2.24, 2.45) is 0 Å². The van der Waals surface area contributed by atoms with Crippen LogP contribution in [0.5, 0.6) is 11.6 Å². The summed E-state index contributed by atoms with van der Waals surface area (Å²) in [6.45, 7) is 0. The van der Waals surface area contributed by atoms with Crippen LogP contribution in [0.15, 0.2) is 53.1 Å². The van der Waals surface area contributed by atoms with E-state index >= 15 is 0 Å². The highest BCUT2D eigenvalue weighted by Crippen LogP contribution is 2.35. The Morgan fingerprint density at radius 3 is 2.65 bits per heavy atom. The molecule has 0 amide bonds. The second-order valence-electron chi connectivity index (χ2n) is 4.14. The average molecular weight is 336 g/mol. The zero-order chi connectivity index (χ0) is 14.1. The van der Waals surface area contributed by atoms with Crippen LogP contribution in [0, 0.1) is 11.6 Å². The van der Waals surface area contributed by atoms with Gasteiger partial charge in [0, 0.05) is 6.07 Å². The Balaban J connectivity index is 2.04. The van der Waals surface area contributed by atoms with E-state index in [2.05, 4.69) is 20.9 Å². The van der Waals surface area contributed by atoms with Gasteiger partial charge in [-0.1, -0.05) is 30.3 Å². The van der Waals surface area contributed by atoms with Crippen LogP contribution in [0.25, 0.3) is 10.8 Å². The largest absolute Gasteiger partial charge is 0.435 e. The molecule has 0 atom stereocenters. The first kappa shape index (κ1) is 13.0. The monoisotopic (exact) mass is 335 g/mol. The maximum absolute atomic E-state index is 13.5. The molecule has 0 saturated heterocycles. The normalized spacial score (nSPS) is 10.8. The van der Waals surface area contributed by atoms with Crippen molar-refractivity contribution in [3.63, 3.8) is 0 Å². The van der Waals surface area contributed by atoms with Gasteiger partial charge in [0.25, 0.3) is 5.88 Å². The standard InChI is InChI=1S/C15H8BrF2NO/c16-14-11-4-2-1-3-9(11)5-6-13(14)20-15-12(18)7-10(17)8-19-15/h1-8H. The molecular formula is C15H8BrF2NO. The summed E-state index contributed by atoms with van der Waals surface area (Å²) in [4.78, 5) is 3.60. The molecule has 1 aromatic heterocycles. The fourth-order valence-electron chi connectivity index (χ4n) is 1.87. The van der Waals surface area contributed by atoms with Crippen LogP contribution in [0.1, 0.15) is 0 Å². The van der Waals surface area contributed by atoms with Gasteiger partial charge >= 0.3 is 0 Å². The molecule has 0 unspecified atom stereocenters. The van der Waals surface area contributed by atoms with Crippen LogP contribution < -0.4 is 4.74 Å². The molecule has 20 heavy (non-hydrogen) atoms. The van der Waals surface area contributed by atoms with Crippen LogP contribution in [0.3, 0.4) is 0 Å². The number of hydrogen-bond donors (Lipinski definition) is 0. The van der Waals surface area contributed by atoms with Crippen LogP contribution in [0.2, 0.25) is 0 Å². The summed E-state index contributed by atoms with van der Waals surface area (Å²) in [7, 11) is 0. The minimum Gasteiger partial charge on any atom is -0.435 e. The van der Waals surface area contributed by atoms with Crippen molar-refractivity contribution in [2.75, 3.05) is 0 Å². The van der Waals surface area contributed by atoms with Crippen molar-refractivity contribution in [1.29, 1.82) is 0 Å². The zero-order valence-corrected chi connectivity index (χ0v) is 11.7. The van der Waals surface area contributed by atoms with Crippen LogP contribution in [0.4, 0.5) is 8.78 Å². The summed E-state index contributed by atoms with van der Waals surface area (Å²) >= 11 is 3.43. The van der Waals surface area contributed by atoms with Crippen LogP contribution in [-0.4, -0.2) is 4.98 Å². The molecule has 2 nitrogen and oxygen atoms in total. The van der Waals surface area contributed by atoms with E-state index < -0.39 is 11.6 Å². The Hall–Kier alpha value is -2.01. The molecule has 0 bridgehead atoms. The van der Waals surface area contributed by atoms with Crippen molar-refractivity contribution in [3.05, 3.63) is 64.8 Å². The van der Waals surface area contributed by atoms with E-state index in [1.807, 2.05) is 30.3 Å². The molecule has 0 radical (unpaired) electrons. The fourth-order valence-corrected chi connectivity index (χ4v) is 2.45. The maximum atomic E-state index is 13.5. The van der Waals surface area contributed by atoms with Gasteiger partial charge in [-0.2, -0.15) is 0 Å².